The zero-order valence-electron chi connectivity index (χ0n) is 69.9. The average molecular weight is 1950 g/mol. The van der Waals surface area contributed by atoms with Gasteiger partial charge in [-0.1, -0.05) is 108 Å². The van der Waals surface area contributed by atoms with E-state index in [0.29, 0.717) is 105 Å². The van der Waals surface area contributed by atoms with Crippen LogP contribution in [0.25, 0.3) is 20.4 Å². The number of para-hydroxylation sites is 2. The van der Waals surface area contributed by atoms with Crippen LogP contribution in [0, 0.1) is 35.6 Å². The number of phenolic OH excluding ortho intramolecular Hbond substituents is 1. The number of aromatic nitrogens is 10. The maximum absolute atomic E-state index is 15.4. The van der Waals surface area contributed by atoms with Crippen molar-refractivity contribution >= 4 is 88.4 Å². The molecule has 4 saturated heterocycles. The largest absolute Gasteiger partial charge is 1.00 e. The SMILES string of the molecule is CC1(C)CCCC(C)(C)C1.CCN(CC)S(F)(F)F.FC1(c2nccnc2Oc2ccc(Nc3nc4ccccc4s3)cc2)CCOCC1.Fc1cnccn1.Fc1nccnc1C1(F)CCOCC1.O=C1CCOCC1.O=CO[O-].OC1(c2nccnc2F)CCOCC1.Oc1ccc(Nc2nc3ccccc3s2)cc1.[CH2-]CCC.[Cs+].[Cs+].[H-].[Li+]. The predicted molar refractivity (Wildman–Crippen MR) is 432 cm³/mol. The van der Waals surface area contributed by atoms with E-state index in [0.717, 1.165) is 54.7 Å². The minimum absolute atomic E-state index is 0. The van der Waals surface area contributed by atoms with E-state index < -0.39 is 46.2 Å². The molecular formula is C81H102Cs2F8LiN13O11S3. The van der Waals surface area contributed by atoms with Crippen molar-refractivity contribution in [1.29, 1.82) is 0 Å². The topological polar surface area (TPSA) is 309 Å². The quantitative estimate of drug-likeness (QED) is 0.0150. The van der Waals surface area contributed by atoms with Gasteiger partial charge in [-0.25, -0.2) is 38.7 Å². The first kappa shape index (κ1) is 109. The van der Waals surface area contributed by atoms with Gasteiger partial charge < -0.3 is 63.0 Å². The van der Waals surface area contributed by atoms with Crippen LogP contribution in [0.15, 0.2) is 153 Å². The van der Waals surface area contributed by atoms with Crippen molar-refractivity contribution < 1.29 is 245 Å². The van der Waals surface area contributed by atoms with Gasteiger partial charge in [-0.3, -0.25) is 29.5 Å². The van der Waals surface area contributed by atoms with Crippen molar-refractivity contribution in [3.05, 3.63) is 195 Å². The van der Waals surface area contributed by atoms with Crippen LogP contribution in [0.5, 0.6) is 17.4 Å². The molecule has 0 amide bonds. The van der Waals surface area contributed by atoms with E-state index in [1.807, 2.05) is 78.9 Å². The summed E-state index contributed by atoms with van der Waals surface area (Å²) in [5, 5.41) is 35.9. The number of Topliss-reactive ketones (excluding diaryl/α,β-unsaturated/α-hetero) is 1. The molecule has 0 bridgehead atoms. The Morgan fingerprint density at radius 2 is 0.992 bits per heavy atom. The van der Waals surface area contributed by atoms with Crippen LogP contribution in [0.1, 0.15) is 157 Å². The Morgan fingerprint density at radius 1 is 0.588 bits per heavy atom. The van der Waals surface area contributed by atoms with Gasteiger partial charge in [-0.2, -0.15) is 23.9 Å². The van der Waals surface area contributed by atoms with Crippen molar-refractivity contribution in [3.63, 3.8) is 0 Å². The first-order valence-electron chi connectivity index (χ1n) is 37.6. The maximum atomic E-state index is 15.4. The van der Waals surface area contributed by atoms with Gasteiger partial charge in [-0.15, -0.1) is 11.7 Å². The van der Waals surface area contributed by atoms with E-state index in [-0.39, 0.29) is 232 Å². The monoisotopic (exact) mass is 1950 g/mol. The summed E-state index contributed by atoms with van der Waals surface area (Å²) in [7, 11) is 0. The molecule has 38 heteroatoms. The molecule has 4 aliphatic heterocycles. The van der Waals surface area contributed by atoms with E-state index in [9.17, 15) is 44.2 Å². The number of halogens is 8. The number of alkyl halides is 2. The fraction of sp³-hybridized carbons (Fsp3) is 0.444. The molecular weight excluding hydrogens is 1850 g/mol. The minimum atomic E-state index is -4.93. The zero-order valence-corrected chi connectivity index (χ0v) is 83.9. The summed E-state index contributed by atoms with van der Waals surface area (Å²) in [5.41, 5.74) is 0.546. The molecule has 5 aliphatic rings. The number of nitrogens with zero attached hydrogens (tertiary/aromatic N) is 11. The number of carbonyl (C=O) groups excluding carboxylic acids is 2. The average Bonchev–Trinajstić information content (AvgIpc) is 0.865. The predicted octanol–water partition coefficient (Wildman–Crippen LogP) is 10.0. The summed E-state index contributed by atoms with van der Waals surface area (Å²) in [4.78, 5) is 60.2. The number of anilines is 4. The van der Waals surface area contributed by atoms with Gasteiger partial charge in [-0.05, 0) is 103 Å². The summed E-state index contributed by atoms with van der Waals surface area (Å²) in [5.74, 6) is -0.710. The van der Waals surface area contributed by atoms with Gasteiger partial charge in [0.25, 0.3) is 17.8 Å². The zero-order chi connectivity index (χ0) is 84.5. The summed E-state index contributed by atoms with van der Waals surface area (Å²) in [6, 6.07) is 30.4. The van der Waals surface area contributed by atoms with Crippen LogP contribution in [0.3, 0.4) is 0 Å². The number of nitrogens with one attached hydrogen (secondary N) is 2. The first-order chi connectivity index (χ1) is 55.5. The number of aromatic hydroxyl groups is 1. The Balaban J connectivity index is 0.000000477. The summed E-state index contributed by atoms with van der Waals surface area (Å²) in [6.07, 6.45) is 22.6. The van der Waals surface area contributed by atoms with E-state index in [4.69, 9.17) is 33.7 Å². The number of hydrogen-bond acceptors (Lipinski definition) is 26. The van der Waals surface area contributed by atoms with E-state index in [2.05, 4.69) is 113 Å². The number of phenols is 1. The second-order valence-corrected chi connectivity index (χ2v) is 31.2. The molecule has 0 radical (unpaired) electrons. The molecule has 15 rings (SSSR count). The van der Waals surface area contributed by atoms with Crippen LogP contribution in [-0.2, 0) is 50.4 Å². The van der Waals surface area contributed by atoms with Crippen molar-refractivity contribution in [1.82, 2.24) is 54.1 Å². The smallest absolute Gasteiger partial charge is 1.00 e. The van der Waals surface area contributed by atoms with Gasteiger partial charge in [0.2, 0.25) is 23.7 Å². The van der Waals surface area contributed by atoms with Crippen LogP contribution in [0.2, 0.25) is 0 Å². The molecule has 119 heavy (non-hydrogen) atoms. The maximum Gasteiger partial charge on any atom is 1.00 e. The van der Waals surface area contributed by atoms with Crippen LogP contribution in [0.4, 0.5) is 55.2 Å². The molecule has 10 aromatic rings. The first-order valence-corrected chi connectivity index (χ1v) is 40.5. The molecule has 1 saturated carbocycles. The van der Waals surface area contributed by atoms with Crippen LogP contribution < -0.4 is 177 Å². The van der Waals surface area contributed by atoms with Gasteiger partial charge in [0.05, 0.1) is 66.3 Å². The number of aliphatic hydroxyl groups is 1. The van der Waals surface area contributed by atoms with Crippen LogP contribution >= 0.6 is 34.0 Å². The minimum Gasteiger partial charge on any atom is -1.00 e. The second kappa shape index (κ2) is 57.2. The van der Waals surface area contributed by atoms with Gasteiger partial charge in [0.1, 0.15) is 40.0 Å². The number of unbranched alkanes of at least 4 members (excludes halogenated alkanes) is 1. The van der Waals surface area contributed by atoms with Gasteiger partial charge >= 0.3 is 157 Å². The molecule has 4 aromatic carbocycles. The number of hydrogen-bond donors (Lipinski definition) is 4. The molecule has 0 spiro atoms. The number of ether oxygens (including phenoxy) is 5. The number of ketones is 1. The molecule has 5 fully saturated rings. The van der Waals surface area contributed by atoms with Gasteiger partial charge in [0, 0.05) is 139 Å². The van der Waals surface area contributed by atoms with Gasteiger partial charge in [0.15, 0.2) is 21.6 Å². The van der Waals surface area contributed by atoms with E-state index in [1.54, 1.807) is 34.8 Å². The van der Waals surface area contributed by atoms with Crippen LogP contribution in [-0.4, -0.2) is 143 Å². The Labute approximate surface area is 831 Å². The number of carbonyl (C=O) groups is 2. The summed E-state index contributed by atoms with van der Waals surface area (Å²) < 4.78 is 132. The van der Waals surface area contributed by atoms with Crippen molar-refractivity contribution in [2.75, 3.05) is 76.6 Å². The Kier molecular flexibility index (Phi) is 52.3. The number of fused-ring (bicyclic) bond motifs is 2. The summed E-state index contributed by atoms with van der Waals surface area (Å²) in [6.45, 7) is 21.7. The normalized spacial score (nSPS) is 16.2. The fourth-order valence-electron chi connectivity index (χ4n) is 12.0. The fourth-order valence-corrected chi connectivity index (χ4v) is 14.4. The number of rotatable bonds is 14. The van der Waals surface area contributed by atoms with Crippen molar-refractivity contribution in [3.8, 4) is 17.4 Å². The molecule has 4 N–H and O–H groups in total. The molecule has 24 nitrogen and oxygen atoms in total. The molecule has 0 unspecified atom stereocenters. The third-order valence-corrected chi connectivity index (χ3v) is 20.8. The third kappa shape index (κ3) is 39.7. The summed E-state index contributed by atoms with van der Waals surface area (Å²) >= 11 is -1.73. The molecule has 6 aromatic heterocycles. The molecule has 10 heterocycles. The molecule has 1 aliphatic carbocycles. The van der Waals surface area contributed by atoms with Crippen molar-refractivity contribution in [2.24, 2.45) is 10.8 Å². The van der Waals surface area contributed by atoms with Crippen molar-refractivity contribution in [2.45, 2.75) is 155 Å². The Morgan fingerprint density at radius 3 is 1.35 bits per heavy atom. The Hall–Kier alpha value is -4.47. The standard InChI is InChI=1S/C22H19FN4O2S.C13H10N2OS.C10H20.C9H10F2N2O.C9H11FN2O2.C5H8O2.C4H10F3NS.C4H3FN2.C4H9.CH2O3.2Cs.Li.H/c23-22(9-13-28-14-10-22)19-20(25-12-11-24-19)29-16-7-5-15(6-8-16)26-21-27-17-3-1-2-4-18(17)30-21;16-10-7-5-9(6-8-10)14-13-15-11-3-1-2-4-12(11)17-13;1-9(2)6-5-7-10(3,4)8-9;10-8-7(12-3-4-13-8)9(11)1-5-14-6-2-9;10-8-7(11-3-4-12-8)9(13)1-5-14-6-2-9;6-5-1-3-7-4-2-5;1-3-8(4-2)9(5,6)7;5-4-3-6-1-2-7-4;1-3-4-2;2-1-4-3;;;;/h1-8,11-12H,9-10,13-14H2,(H,26,27);1-8,16H,(H,14,15);5-8H2,1-4H3;3-4H,1-2,5-6H2;3-4,13H,1-2,5-6H2;1-4H2;3-4H2,1-2H3;1-3H;1,3-4H2,2H3;1,3H;;;;/q;;;;;;;;-1;;3*+1;-1/p-1. The number of thiazole rings is 2. The molecule has 0 atom stereocenters. The Bertz CT molecular complexity index is 4330. The molecule has 634 valence electrons. The third-order valence-electron chi connectivity index (χ3n) is 17.8. The number of benzene rings is 4. The van der Waals surface area contributed by atoms with E-state index >= 15 is 4.39 Å². The second-order valence-electron chi connectivity index (χ2n) is 27.9. The van der Waals surface area contributed by atoms with E-state index in [1.165, 1.54) is 95.5 Å².